The van der Waals surface area contributed by atoms with E-state index in [-0.39, 0.29) is 0 Å². The van der Waals surface area contributed by atoms with Gasteiger partial charge in [0.2, 0.25) is 0 Å². The van der Waals surface area contributed by atoms with Crippen LogP contribution in [0.25, 0.3) is 21.9 Å². The number of hydrogen-bond acceptors (Lipinski definition) is 7. The molecular weight excluding hydrogens is 439 g/mol. The molecule has 0 atom stereocenters. The fraction of sp³-hybridized carbons (Fsp3) is 0.136. The second-order valence-electron chi connectivity index (χ2n) is 6.51. The van der Waals surface area contributed by atoms with Crippen LogP contribution in [0.15, 0.2) is 36.5 Å². The summed E-state index contributed by atoms with van der Waals surface area (Å²) in [7, 11) is 4.64. The Morgan fingerprint density at radius 1 is 0.871 bits per heavy atom. The lowest BCUT2D eigenvalue weighted by Gasteiger charge is -2.15. The third-order valence-corrected chi connectivity index (χ3v) is 5.37. The summed E-state index contributed by atoms with van der Waals surface area (Å²) in [5.74, 6) is 1.58. The standard InChI is InChI=1S/C22H16Cl2N4O3/c1-29-18-8-16(13(23)6-14(18)24)28-21-12(9-25)10-26-17-4-11-5-19(30-2)20(31-3)7-15(11)27-22(17)21/h4-8,10H,1-3H3,(H,26,28). The molecule has 0 spiro atoms. The first-order chi connectivity index (χ1) is 15.0. The molecule has 0 saturated heterocycles. The van der Waals surface area contributed by atoms with Gasteiger partial charge in [-0.3, -0.25) is 4.98 Å². The smallest absolute Gasteiger partial charge is 0.162 e. The summed E-state index contributed by atoms with van der Waals surface area (Å²) in [6.45, 7) is 0. The van der Waals surface area contributed by atoms with Crippen LogP contribution >= 0.6 is 23.2 Å². The van der Waals surface area contributed by atoms with Crippen molar-refractivity contribution in [1.29, 1.82) is 5.26 Å². The van der Waals surface area contributed by atoms with Crippen molar-refractivity contribution < 1.29 is 14.2 Å². The van der Waals surface area contributed by atoms with Crippen LogP contribution in [0, 0.1) is 11.3 Å². The van der Waals surface area contributed by atoms with Crippen molar-refractivity contribution in [2.75, 3.05) is 26.6 Å². The molecule has 0 aliphatic heterocycles. The van der Waals surface area contributed by atoms with E-state index in [0.717, 1.165) is 5.39 Å². The Morgan fingerprint density at radius 2 is 1.58 bits per heavy atom. The first kappa shape index (κ1) is 20.8. The van der Waals surface area contributed by atoms with Crippen molar-refractivity contribution in [2.24, 2.45) is 0 Å². The Labute approximate surface area is 188 Å². The van der Waals surface area contributed by atoms with Crippen LogP contribution in [0.2, 0.25) is 10.0 Å². The van der Waals surface area contributed by atoms with Crippen molar-refractivity contribution in [3.63, 3.8) is 0 Å². The highest BCUT2D eigenvalue weighted by atomic mass is 35.5. The number of nitrogens with zero attached hydrogens (tertiary/aromatic N) is 3. The highest BCUT2D eigenvalue weighted by Crippen LogP contribution is 2.38. The zero-order chi connectivity index (χ0) is 22.1. The Hall–Kier alpha value is -3.47. The van der Waals surface area contributed by atoms with E-state index in [4.69, 9.17) is 42.4 Å². The van der Waals surface area contributed by atoms with Gasteiger partial charge in [0.15, 0.2) is 11.5 Å². The summed E-state index contributed by atoms with van der Waals surface area (Å²) in [4.78, 5) is 9.14. The van der Waals surface area contributed by atoms with Crippen LogP contribution in [0.4, 0.5) is 11.4 Å². The summed E-state index contributed by atoms with van der Waals surface area (Å²) >= 11 is 12.5. The molecule has 156 valence electrons. The number of benzene rings is 2. The number of ether oxygens (including phenoxy) is 3. The van der Waals surface area contributed by atoms with Crippen LogP contribution in [-0.4, -0.2) is 31.3 Å². The molecule has 0 unspecified atom stereocenters. The largest absolute Gasteiger partial charge is 0.495 e. The molecule has 0 saturated carbocycles. The highest BCUT2D eigenvalue weighted by molar-refractivity contribution is 6.37. The van der Waals surface area contributed by atoms with Crippen molar-refractivity contribution in [1.82, 2.24) is 9.97 Å². The lowest BCUT2D eigenvalue weighted by molar-refractivity contribution is 0.356. The number of anilines is 2. The van der Waals surface area contributed by atoms with Gasteiger partial charge < -0.3 is 19.5 Å². The minimum Gasteiger partial charge on any atom is -0.495 e. The number of methoxy groups -OCH3 is 3. The van der Waals surface area contributed by atoms with Crippen LogP contribution in [-0.2, 0) is 0 Å². The van der Waals surface area contributed by atoms with Gasteiger partial charge in [-0.05, 0) is 18.2 Å². The minimum atomic E-state index is 0.310. The summed E-state index contributed by atoms with van der Waals surface area (Å²) in [6.07, 6.45) is 1.49. The molecule has 4 rings (SSSR count). The third-order valence-electron chi connectivity index (χ3n) is 4.76. The lowest BCUT2D eigenvalue weighted by Crippen LogP contribution is -2.00. The third kappa shape index (κ3) is 3.72. The molecule has 0 bridgehead atoms. The quantitative estimate of drug-likeness (QED) is 0.385. The van der Waals surface area contributed by atoms with Gasteiger partial charge in [0.1, 0.15) is 17.3 Å². The van der Waals surface area contributed by atoms with Crippen molar-refractivity contribution in [3.8, 4) is 23.3 Å². The predicted molar refractivity (Wildman–Crippen MR) is 121 cm³/mol. The average Bonchev–Trinajstić information content (AvgIpc) is 2.78. The SMILES string of the molecule is COc1cc(Nc2c(C#N)cnc3cc4cc(OC)c(OC)cc4nc23)c(Cl)cc1Cl. The van der Waals surface area contributed by atoms with Gasteiger partial charge in [-0.2, -0.15) is 5.26 Å². The Morgan fingerprint density at radius 3 is 2.26 bits per heavy atom. The molecule has 1 N–H and O–H groups in total. The summed E-state index contributed by atoms with van der Waals surface area (Å²) in [5.41, 5.74) is 3.05. The van der Waals surface area contributed by atoms with Gasteiger partial charge in [-0.1, -0.05) is 23.2 Å². The van der Waals surface area contributed by atoms with E-state index in [1.807, 2.05) is 12.1 Å². The van der Waals surface area contributed by atoms with Gasteiger partial charge in [-0.15, -0.1) is 0 Å². The van der Waals surface area contributed by atoms with E-state index in [1.165, 1.54) is 13.3 Å². The lowest BCUT2D eigenvalue weighted by atomic mass is 10.1. The molecule has 0 fully saturated rings. The molecule has 0 radical (unpaired) electrons. The molecule has 31 heavy (non-hydrogen) atoms. The van der Waals surface area contributed by atoms with Gasteiger partial charge in [0.05, 0.1) is 59.3 Å². The number of fused-ring (bicyclic) bond motifs is 2. The van der Waals surface area contributed by atoms with Gasteiger partial charge in [-0.25, -0.2) is 4.98 Å². The van der Waals surface area contributed by atoms with Crippen molar-refractivity contribution in [3.05, 3.63) is 52.1 Å². The summed E-state index contributed by atoms with van der Waals surface area (Å²) < 4.78 is 16.0. The number of rotatable bonds is 5. The molecule has 2 aromatic heterocycles. The van der Waals surface area contributed by atoms with Crippen molar-refractivity contribution in [2.45, 2.75) is 0 Å². The molecule has 7 nitrogen and oxygen atoms in total. The van der Waals surface area contributed by atoms with Crippen LogP contribution in [0.1, 0.15) is 5.56 Å². The molecular formula is C22H16Cl2N4O3. The second-order valence-corrected chi connectivity index (χ2v) is 7.32. The Bertz CT molecular complexity index is 1370. The maximum absolute atomic E-state index is 9.66. The Balaban J connectivity index is 1.95. The van der Waals surface area contributed by atoms with Crippen LogP contribution in [0.5, 0.6) is 17.2 Å². The molecule has 9 heteroatoms. The fourth-order valence-electron chi connectivity index (χ4n) is 3.23. The summed E-state index contributed by atoms with van der Waals surface area (Å²) in [6, 6.07) is 10.8. The van der Waals surface area contributed by atoms with E-state index in [9.17, 15) is 5.26 Å². The monoisotopic (exact) mass is 454 g/mol. The minimum absolute atomic E-state index is 0.310. The predicted octanol–water partition coefficient (Wildman–Crippen LogP) is 5.73. The zero-order valence-corrected chi connectivity index (χ0v) is 18.3. The number of nitriles is 1. The number of pyridine rings is 2. The maximum atomic E-state index is 9.66. The normalized spacial score (nSPS) is 10.7. The summed E-state index contributed by atoms with van der Waals surface area (Å²) in [5, 5.41) is 14.4. The Kier molecular flexibility index (Phi) is 5.59. The topological polar surface area (TPSA) is 89.3 Å². The molecule has 0 aliphatic carbocycles. The van der Waals surface area contributed by atoms with E-state index in [0.29, 0.717) is 60.8 Å². The molecule has 0 amide bonds. The van der Waals surface area contributed by atoms with E-state index >= 15 is 0 Å². The number of hydrogen-bond donors (Lipinski definition) is 1. The maximum Gasteiger partial charge on any atom is 0.162 e. The van der Waals surface area contributed by atoms with E-state index < -0.39 is 0 Å². The van der Waals surface area contributed by atoms with E-state index in [1.54, 1.807) is 32.4 Å². The van der Waals surface area contributed by atoms with E-state index in [2.05, 4.69) is 16.4 Å². The zero-order valence-electron chi connectivity index (χ0n) is 16.8. The first-order valence-electron chi connectivity index (χ1n) is 9.04. The second kappa shape index (κ2) is 8.34. The molecule has 2 heterocycles. The van der Waals surface area contributed by atoms with Gasteiger partial charge in [0.25, 0.3) is 0 Å². The molecule has 2 aromatic carbocycles. The number of halogens is 2. The average molecular weight is 455 g/mol. The number of nitrogens with one attached hydrogen (secondary N) is 1. The van der Waals surface area contributed by atoms with Gasteiger partial charge in [0, 0.05) is 23.7 Å². The first-order valence-corrected chi connectivity index (χ1v) is 9.80. The molecule has 4 aromatic rings. The van der Waals surface area contributed by atoms with Crippen LogP contribution < -0.4 is 19.5 Å². The van der Waals surface area contributed by atoms with Crippen LogP contribution in [0.3, 0.4) is 0 Å². The van der Waals surface area contributed by atoms with Gasteiger partial charge >= 0.3 is 0 Å². The van der Waals surface area contributed by atoms with Crippen molar-refractivity contribution >= 4 is 56.5 Å². The number of aromatic nitrogens is 2. The highest BCUT2D eigenvalue weighted by Gasteiger charge is 2.16. The fourth-order valence-corrected chi connectivity index (χ4v) is 3.73. The molecule has 0 aliphatic rings.